The fourth-order valence-electron chi connectivity index (χ4n) is 1.98. The summed E-state index contributed by atoms with van der Waals surface area (Å²) in [5.74, 6) is 1.23. The molecule has 1 aliphatic rings. The van der Waals surface area contributed by atoms with Gasteiger partial charge in [0.2, 0.25) is 0 Å². The highest BCUT2D eigenvalue weighted by atomic mass is 79.9. The van der Waals surface area contributed by atoms with Gasteiger partial charge >= 0.3 is 0 Å². The Morgan fingerprint density at radius 1 is 1.41 bits per heavy atom. The van der Waals surface area contributed by atoms with Crippen molar-refractivity contribution in [2.75, 3.05) is 27.8 Å². The molecule has 0 atom stereocenters. The summed E-state index contributed by atoms with van der Waals surface area (Å²) in [4.78, 5) is 18.5. The molecule has 0 aliphatic carbocycles. The molecule has 1 heterocycles. The molecule has 0 N–H and O–H groups in total. The van der Waals surface area contributed by atoms with Gasteiger partial charge < -0.3 is 9.47 Å². The second-order valence-electron chi connectivity index (χ2n) is 4.44. The fraction of sp³-hybridized carbons (Fsp3) is 0.333. The topological polar surface area (TPSA) is 51.1 Å². The molecule has 0 radical (unpaired) electrons. The van der Waals surface area contributed by atoms with Crippen LogP contribution in [0.25, 0.3) is 6.08 Å². The molecular weight excluding hydrogens is 368 g/mol. The molecule has 1 aromatic rings. The molecule has 1 aliphatic heterocycles. The van der Waals surface area contributed by atoms with E-state index in [1.807, 2.05) is 25.1 Å². The third-order valence-electron chi connectivity index (χ3n) is 3.06. The zero-order valence-corrected chi connectivity index (χ0v) is 15.2. The predicted octanol–water partition coefficient (Wildman–Crippen LogP) is 3.39. The maximum atomic E-state index is 12.2. The molecule has 0 aromatic heterocycles. The van der Waals surface area contributed by atoms with Gasteiger partial charge in [0.05, 0.1) is 18.6 Å². The number of carbonyl (C=O) groups is 1. The zero-order valence-electron chi connectivity index (χ0n) is 12.8. The number of hydrogen-bond donors (Lipinski definition) is 0. The van der Waals surface area contributed by atoms with Crippen LogP contribution < -0.4 is 9.47 Å². The van der Waals surface area contributed by atoms with E-state index in [0.29, 0.717) is 28.2 Å². The minimum atomic E-state index is -0.0636. The summed E-state index contributed by atoms with van der Waals surface area (Å²) in [5.41, 5.74) is 0.853. The summed E-state index contributed by atoms with van der Waals surface area (Å²) in [6.45, 7) is 2.45. The van der Waals surface area contributed by atoms with Crippen LogP contribution in [-0.4, -0.2) is 43.8 Å². The van der Waals surface area contributed by atoms with Crippen molar-refractivity contribution in [2.24, 2.45) is 4.99 Å². The molecule has 7 heteroatoms. The lowest BCUT2D eigenvalue weighted by Gasteiger charge is -2.11. The van der Waals surface area contributed by atoms with E-state index in [0.717, 1.165) is 10.0 Å². The average molecular weight is 385 g/mol. The number of ether oxygens (including phenoxy) is 2. The first-order chi connectivity index (χ1) is 10.5. The lowest BCUT2D eigenvalue weighted by atomic mass is 10.2. The average Bonchev–Trinajstić information content (AvgIpc) is 2.78. The normalized spacial score (nSPS) is 18.4. The molecule has 0 unspecified atom stereocenters. The Morgan fingerprint density at radius 3 is 2.68 bits per heavy atom. The lowest BCUT2D eigenvalue weighted by Crippen LogP contribution is -2.23. The Balaban J connectivity index is 2.43. The number of rotatable bonds is 4. The van der Waals surface area contributed by atoms with Crippen molar-refractivity contribution in [3.05, 3.63) is 27.1 Å². The number of likely N-dealkylation sites (N-methyl/N-ethyl adjacent to an activating group) is 1. The molecule has 2 rings (SSSR count). The molecule has 1 saturated heterocycles. The number of aliphatic imine (C=N–C) groups is 1. The highest BCUT2D eigenvalue weighted by Gasteiger charge is 2.30. The van der Waals surface area contributed by atoms with Crippen LogP contribution in [0.15, 0.2) is 26.5 Å². The molecular formula is C15H17BrN2O3S. The van der Waals surface area contributed by atoms with E-state index in [4.69, 9.17) is 9.47 Å². The van der Waals surface area contributed by atoms with Crippen LogP contribution in [0.5, 0.6) is 11.5 Å². The SMILES string of the molecule is CCOc1cc(/C=C2/SC(=NC)N(C)C2=O)c(Br)cc1OC. The molecule has 5 nitrogen and oxygen atoms in total. The van der Waals surface area contributed by atoms with E-state index < -0.39 is 0 Å². The third kappa shape index (κ3) is 3.30. The Labute approximate surface area is 142 Å². The largest absolute Gasteiger partial charge is 0.493 e. The summed E-state index contributed by atoms with van der Waals surface area (Å²) in [5, 5.41) is 0.686. The van der Waals surface area contributed by atoms with Crippen LogP contribution in [0.4, 0.5) is 0 Å². The zero-order chi connectivity index (χ0) is 16.3. The number of benzene rings is 1. The maximum absolute atomic E-state index is 12.2. The van der Waals surface area contributed by atoms with E-state index >= 15 is 0 Å². The molecule has 0 bridgehead atoms. The van der Waals surface area contributed by atoms with Gasteiger partial charge in [-0.15, -0.1) is 0 Å². The molecule has 1 aromatic carbocycles. The minimum absolute atomic E-state index is 0.0636. The number of hydrogen-bond acceptors (Lipinski definition) is 5. The molecule has 22 heavy (non-hydrogen) atoms. The van der Waals surface area contributed by atoms with Crippen LogP contribution in [0.3, 0.4) is 0 Å². The first-order valence-electron chi connectivity index (χ1n) is 6.66. The van der Waals surface area contributed by atoms with E-state index in [1.54, 1.807) is 21.2 Å². The van der Waals surface area contributed by atoms with E-state index in [9.17, 15) is 4.79 Å². The van der Waals surface area contributed by atoms with E-state index in [-0.39, 0.29) is 5.91 Å². The second kappa shape index (κ2) is 7.19. The van der Waals surface area contributed by atoms with Crippen LogP contribution in [0, 0.1) is 0 Å². The van der Waals surface area contributed by atoms with Crippen molar-refractivity contribution in [3.63, 3.8) is 0 Å². The molecule has 1 fully saturated rings. The van der Waals surface area contributed by atoms with Gasteiger partial charge in [-0.25, -0.2) is 0 Å². The number of amides is 1. The fourth-order valence-corrected chi connectivity index (χ4v) is 3.33. The van der Waals surface area contributed by atoms with Gasteiger partial charge in [0.25, 0.3) is 5.91 Å². The van der Waals surface area contributed by atoms with Gasteiger partial charge in [0.1, 0.15) is 0 Å². The predicted molar refractivity (Wildman–Crippen MR) is 93.6 cm³/mol. The van der Waals surface area contributed by atoms with Gasteiger partial charge in [0, 0.05) is 18.6 Å². The minimum Gasteiger partial charge on any atom is -0.493 e. The van der Waals surface area contributed by atoms with Gasteiger partial charge in [-0.05, 0) is 42.5 Å². The summed E-state index contributed by atoms with van der Waals surface area (Å²) in [7, 11) is 4.98. The number of halogens is 1. The summed E-state index contributed by atoms with van der Waals surface area (Å²) >= 11 is 4.86. The highest BCUT2D eigenvalue weighted by Crippen LogP contribution is 2.37. The maximum Gasteiger partial charge on any atom is 0.266 e. The second-order valence-corrected chi connectivity index (χ2v) is 6.30. The van der Waals surface area contributed by atoms with Crippen LogP contribution in [0.1, 0.15) is 12.5 Å². The monoisotopic (exact) mass is 384 g/mol. The number of amidine groups is 1. The summed E-state index contributed by atoms with van der Waals surface area (Å²) in [6, 6.07) is 3.69. The van der Waals surface area contributed by atoms with Crippen molar-refractivity contribution >= 4 is 44.8 Å². The van der Waals surface area contributed by atoms with Crippen molar-refractivity contribution in [2.45, 2.75) is 6.92 Å². The van der Waals surface area contributed by atoms with Gasteiger partial charge in [-0.1, -0.05) is 15.9 Å². The van der Waals surface area contributed by atoms with Crippen LogP contribution >= 0.6 is 27.7 Å². The molecule has 0 saturated carbocycles. The molecule has 0 spiro atoms. The van der Waals surface area contributed by atoms with Crippen molar-refractivity contribution < 1.29 is 14.3 Å². The third-order valence-corrected chi connectivity index (χ3v) is 4.90. The lowest BCUT2D eigenvalue weighted by molar-refractivity contribution is -0.121. The van der Waals surface area contributed by atoms with E-state index in [1.165, 1.54) is 16.7 Å². The quantitative estimate of drug-likeness (QED) is 0.746. The smallest absolute Gasteiger partial charge is 0.266 e. The van der Waals surface area contributed by atoms with Gasteiger partial charge in [-0.2, -0.15) is 0 Å². The summed E-state index contributed by atoms with van der Waals surface area (Å²) < 4.78 is 11.7. The van der Waals surface area contributed by atoms with Crippen molar-refractivity contribution in [3.8, 4) is 11.5 Å². The Hall–Kier alpha value is -1.47. The summed E-state index contributed by atoms with van der Waals surface area (Å²) in [6.07, 6.45) is 1.83. The van der Waals surface area contributed by atoms with E-state index in [2.05, 4.69) is 20.9 Å². The van der Waals surface area contributed by atoms with Gasteiger partial charge in [0.15, 0.2) is 16.7 Å². The first-order valence-corrected chi connectivity index (χ1v) is 8.27. The first kappa shape index (κ1) is 16.9. The number of carbonyl (C=O) groups excluding carboxylic acids is 1. The van der Waals surface area contributed by atoms with Gasteiger partial charge in [-0.3, -0.25) is 14.7 Å². The standard InChI is InChI=1S/C15H17BrN2O3S/c1-5-21-12-6-9(10(16)8-11(12)20-4)7-13-14(19)18(3)15(17-2)22-13/h6-8H,5H2,1-4H3/b13-7+,17-15?. The van der Waals surface area contributed by atoms with Crippen molar-refractivity contribution in [1.29, 1.82) is 0 Å². The number of thioether (sulfide) groups is 1. The van der Waals surface area contributed by atoms with Crippen LogP contribution in [-0.2, 0) is 4.79 Å². The Morgan fingerprint density at radius 2 is 2.14 bits per heavy atom. The molecule has 1 amide bonds. The Kier molecular flexibility index (Phi) is 5.52. The van der Waals surface area contributed by atoms with Crippen molar-refractivity contribution in [1.82, 2.24) is 4.90 Å². The van der Waals surface area contributed by atoms with Crippen LogP contribution in [0.2, 0.25) is 0 Å². The Bertz CT molecular complexity index is 658. The highest BCUT2D eigenvalue weighted by molar-refractivity contribution is 9.10. The molecule has 118 valence electrons. The number of methoxy groups -OCH3 is 1. The number of nitrogens with zero attached hydrogens (tertiary/aromatic N) is 2.